The molecular formula is C11H18N2. The quantitative estimate of drug-likeness (QED) is 0.648. The summed E-state index contributed by atoms with van der Waals surface area (Å²) in [4.78, 5) is 8.67. The van der Waals surface area contributed by atoms with Crippen LogP contribution in [0.2, 0.25) is 0 Å². The zero-order valence-electron chi connectivity index (χ0n) is 8.58. The topological polar surface area (TPSA) is 25.8 Å². The van der Waals surface area contributed by atoms with Crippen LogP contribution in [0.15, 0.2) is 12.4 Å². The third kappa shape index (κ3) is 3.53. The number of aryl methyl sites for hydroxylation is 2. The van der Waals surface area contributed by atoms with Crippen molar-refractivity contribution in [2.45, 2.75) is 46.0 Å². The maximum Gasteiger partial charge on any atom is 0.0586 e. The van der Waals surface area contributed by atoms with E-state index in [9.17, 15) is 0 Å². The van der Waals surface area contributed by atoms with E-state index in [1.54, 1.807) is 0 Å². The fourth-order valence-electron chi connectivity index (χ4n) is 1.25. The Morgan fingerprint density at radius 1 is 1.00 bits per heavy atom. The van der Waals surface area contributed by atoms with Gasteiger partial charge < -0.3 is 0 Å². The molecule has 0 atom stereocenters. The summed E-state index contributed by atoms with van der Waals surface area (Å²) in [5, 5.41) is 0. The summed E-state index contributed by atoms with van der Waals surface area (Å²) in [6.45, 7) is 4.31. The van der Waals surface area contributed by atoms with Gasteiger partial charge in [-0.2, -0.15) is 0 Å². The van der Waals surface area contributed by atoms with Gasteiger partial charge >= 0.3 is 0 Å². The van der Waals surface area contributed by atoms with Crippen LogP contribution in [-0.4, -0.2) is 9.97 Å². The van der Waals surface area contributed by atoms with Crippen LogP contribution in [0, 0.1) is 0 Å². The van der Waals surface area contributed by atoms with Gasteiger partial charge in [0.2, 0.25) is 0 Å². The fourth-order valence-corrected chi connectivity index (χ4v) is 1.25. The lowest BCUT2D eigenvalue weighted by molar-refractivity contribution is 0.703. The van der Waals surface area contributed by atoms with Crippen LogP contribution in [0.3, 0.4) is 0 Å². The molecule has 0 aliphatic carbocycles. The Kier molecular flexibility index (Phi) is 4.44. The van der Waals surface area contributed by atoms with Crippen molar-refractivity contribution in [3.63, 3.8) is 0 Å². The third-order valence-corrected chi connectivity index (χ3v) is 2.16. The molecule has 1 aromatic heterocycles. The lowest BCUT2D eigenvalue weighted by atomic mass is 10.2. The van der Waals surface area contributed by atoms with Gasteiger partial charge in [0.15, 0.2) is 0 Å². The van der Waals surface area contributed by atoms with Gasteiger partial charge in [0.25, 0.3) is 0 Å². The van der Waals surface area contributed by atoms with E-state index in [4.69, 9.17) is 0 Å². The van der Waals surface area contributed by atoms with Gasteiger partial charge in [-0.15, -0.1) is 0 Å². The second kappa shape index (κ2) is 5.68. The highest BCUT2D eigenvalue weighted by Gasteiger charge is 1.95. The lowest BCUT2D eigenvalue weighted by Crippen LogP contribution is -1.94. The smallest absolute Gasteiger partial charge is 0.0586 e. The molecule has 72 valence electrons. The minimum absolute atomic E-state index is 0.974. The molecule has 2 nitrogen and oxygen atoms in total. The molecule has 0 saturated carbocycles. The Morgan fingerprint density at radius 3 is 2.23 bits per heavy atom. The zero-order valence-corrected chi connectivity index (χ0v) is 8.58. The summed E-state index contributed by atoms with van der Waals surface area (Å²) < 4.78 is 0. The van der Waals surface area contributed by atoms with Gasteiger partial charge in [-0.25, -0.2) is 0 Å². The van der Waals surface area contributed by atoms with Crippen LogP contribution in [0.25, 0.3) is 0 Å². The molecule has 0 N–H and O–H groups in total. The van der Waals surface area contributed by atoms with Crippen LogP contribution < -0.4 is 0 Å². The van der Waals surface area contributed by atoms with Crippen LogP contribution >= 0.6 is 0 Å². The maximum absolute atomic E-state index is 4.36. The van der Waals surface area contributed by atoms with Crippen LogP contribution in [0.4, 0.5) is 0 Å². The zero-order chi connectivity index (χ0) is 9.52. The normalized spacial score (nSPS) is 10.3. The number of unbranched alkanes of at least 4 members (excludes halogenated alkanes) is 2. The first-order chi connectivity index (χ1) is 6.36. The molecule has 0 aliphatic heterocycles. The Labute approximate surface area is 80.4 Å². The molecule has 0 aromatic carbocycles. The van der Waals surface area contributed by atoms with E-state index in [0.29, 0.717) is 0 Å². The Hall–Kier alpha value is -0.920. The molecule has 0 aliphatic rings. The van der Waals surface area contributed by atoms with E-state index >= 15 is 0 Å². The maximum atomic E-state index is 4.36. The third-order valence-electron chi connectivity index (χ3n) is 2.16. The molecule has 0 spiro atoms. The molecule has 2 heteroatoms. The molecule has 0 saturated heterocycles. The van der Waals surface area contributed by atoms with Crippen molar-refractivity contribution in [1.82, 2.24) is 9.97 Å². The van der Waals surface area contributed by atoms with E-state index in [1.165, 1.54) is 19.3 Å². The number of hydrogen-bond donors (Lipinski definition) is 0. The van der Waals surface area contributed by atoms with Crippen molar-refractivity contribution < 1.29 is 0 Å². The van der Waals surface area contributed by atoms with Crippen molar-refractivity contribution in [2.75, 3.05) is 0 Å². The van der Waals surface area contributed by atoms with Gasteiger partial charge in [0, 0.05) is 12.4 Å². The number of rotatable bonds is 5. The Balaban J connectivity index is 2.40. The Morgan fingerprint density at radius 2 is 1.69 bits per heavy atom. The standard InChI is InChI=1S/C11H18N2/c1-3-5-6-7-11-9-12-10(4-2)8-13-11/h8-9H,3-7H2,1-2H3. The number of nitrogens with zero attached hydrogens (tertiary/aromatic N) is 2. The monoisotopic (exact) mass is 178 g/mol. The molecule has 1 rings (SSSR count). The van der Waals surface area contributed by atoms with E-state index in [-0.39, 0.29) is 0 Å². The fraction of sp³-hybridized carbons (Fsp3) is 0.636. The summed E-state index contributed by atoms with van der Waals surface area (Å²) in [7, 11) is 0. The number of aromatic nitrogens is 2. The van der Waals surface area contributed by atoms with Gasteiger partial charge in [0.05, 0.1) is 11.4 Å². The molecule has 0 bridgehead atoms. The highest BCUT2D eigenvalue weighted by atomic mass is 14.8. The minimum atomic E-state index is 0.974. The molecule has 13 heavy (non-hydrogen) atoms. The summed E-state index contributed by atoms with van der Waals surface area (Å²) in [5.74, 6) is 0. The molecule has 0 radical (unpaired) electrons. The lowest BCUT2D eigenvalue weighted by Gasteiger charge is -2.00. The second-order valence-corrected chi connectivity index (χ2v) is 3.31. The molecule has 1 heterocycles. The van der Waals surface area contributed by atoms with Gasteiger partial charge in [0.1, 0.15) is 0 Å². The highest BCUT2D eigenvalue weighted by molar-refractivity contribution is 5.02. The predicted molar refractivity (Wildman–Crippen MR) is 54.6 cm³/mol. The van der Waals surface area contributed by atoms with Crippen molar-refractivity contribution >= 4 is 0 Å². The highest BCUT2D eigenvalue weighted by Crippen LogP contribution is 2.03. The molecular weight excluding hydrogens is 160 g/mol. The second-order valence-electron chi connectivity index (χ2n) is 3.31. The van der Waals surface area contributed by atoms with Gasteiger partial charge in [-0.1, -0.05) is 26.7 Å². The summed E-state index contributed by atoms with van der Waals surface area (Å²) in [5.41, 5.74) is 2.21. The van der Waals surface area contributed by atoms with Crippen molar-refractivity contribution in [1.29, 1.82) is 0 Å². The first-order valence-electron chi connectivity index (χ1n) is 5.16. The summed E-state index contributed by atoms with van der Waals surface area (Å²) >= 11 is 0. The molecule has 0 unspecified atom stereocenters. The first kappa shape index (κ1) is 10.2. The van der Waals surface area contributed by atoms with E-state index in [0.717, 1.165) is 24.2 Å². The van der Waals surface area contributed by atoms with E-state index < -0.39 is 0 Å². The average molecular weight is 178 g/mol. The minimum Gasteiger partial charge on any atom is -0.258 e. The predicted octanol–water partition coefficient (Wildman–Crippen LogP) is 2.77. The molecule has 1 aromatic rings. The largest absolute Gasteiger partial charge is 0.258 e. The van der Waals surface area contributed by atoms with Gasteiger partial charge in [-0.3, -0.25) is 9.97 Å². The summed E-state index contributed by atoms with van der Waals surface area (Å²) in [6, 6.07) is 0. The van der Waals surface area contributed by atoms with Crippen molar-refractivity contribution in [3.8, 4) is 0 Å². The van der Waals surface area contributed by atoms with E-state index in [1.807, 2.05) is 12.4 Å². The Bertz CT molecular complexity index is 228. The molecule has 0 amide bonds. The van der Waals surface area contributed by atoms with Crippen LogP contribution in [0.5, 0.6) is 0 Å². The van der Waals surface area contributed by atoms with Crippen molar-refractivity contribution in [3.05, 3.63) is 23.8 Å². The summed E-state index contributed by atoms with van der Waals surface area (Å²) in [6.07, 6.45) is 9.64. The van der Waals surface area contributed by atoms with Crippen LogP contribution in [-0.2, 0) is 12.8 Å². The van der Waals surface area contributed by atoms with Gasteiger partial charge in [-0.05, 0) is 19.3 Å². The number of hydrogen-bond acceptors (Lipinski definition) is 2. The first-order valence-corrected chi connectivity index (χ1v) is 5.16. The average Bonchev–Trinajstić information content (AvgIpc) is 2.19. The molecule has 0 fully saturated rings. The SMILES string of the molecule is CCCCCc1cnc(CC)cn1. The van der Waals surface area contributed by atoms with Crippen molar-refractivity contribution in [2.24, 2.45) is 0 Å². The van der Waals surface area contributed by atoms with E-state index in [2.05, 4.69) is 23.8 Å². The van der Waals surface area contributed by atoms with Crippen LogP contribution in [0.1, 0.15) is 44.5 Å².